The smallest absolute Gasteiger partial charge is 0.219 e. The first-order valence-electron chi connectivity index (χ1n) is 4.48. The maximum atomic E-state index is 11.0. The van der Waals surface area contributed by atoms with E-state index in [9.17, 15) is 4.79 Å². The van der Waals surface area contributed by atoms with Crippen LogP contribution in [0.4, 0.5) is 0 Å². The number of rotatable bonds is 2. The van der Waals surface area contributed by atoms with Gasteiger partial charge in [-0.1, -0.05) is 0 Å². The highest BCUT2D eigenvalue weighted by Gasteiger charge is 2.20. The third-order valence-electron chi connectivity index (χ3n) is 2.37. The number of hydrogen-bond donors (Lipinski definition) is 0. The molecule has 3 nitrogen and oxygen atoms in total. The quantitative estimate of drug-likeness (QED) is 0.617. The number of nitrogens with zero attached hydrogens (tertiary/aromatic N) is 1. The van der Waals surface area contributed by atoms with Gasteiger partial charge in [-0.05, 0) is 18.8 Å². The van der Waals surface area contributed by atoms with Gasteiger partial charge in [0.1, 0.15) is 0 Å². The van der Waals surface area contributed by atoms with Gasteiger partial charge < -0.3 is 9.64 Å². The predicted octanol–water partition coefficient (Wildman–Crippen LogP) is 0.891. The zero-order chi connectivity index (χ0) is 8.97. The standard InChI is InChI=1S/C9H17NO2/c1-8(11)10-5-3-4-9(6-10)7-12-2/h9H,3-7H2,1-2H3. The molecule has 1 unspecified atom stereocenters. The molecule has 1 rings (SSSR count). The Morgan fingerprint density at radius 1 is 1.67 bits per heavy atom. The van der Waals surface area contributed by atoms with Crippen LogP contribution in [0.2, 0.25) is 0 Å². The van der Waals surface area contributed by atoms with Crippen molar-refractivity contribution in [3.8, 4) is 0 Å². The Morgan fingerprint density at radius 2 is 2.42 bits per heavy atom. The number of likely N-dealkylation sites (tertiary alicyclic amines) is 1. The maximum absolute atomic E-state index is 11.0. The second-order valence-corrected chi connectivity index (χ2v) is 3.43. The van der Waals surface area contributed by atoms with E-state index in [-0.39, 0.29) is 5.91 Å². The van der Waals surface area contributed by atoms with Gasteiger partial charge in [-0.3, -0.25) is 4.79 Å². The molecular formula is C9H17NO2. The highest BCUT2D eigenvalue weighted by atomic mass is 16.5. The van der Waals surface area contributed by atoms with Crippen molar-refractivity contribution in [3.63, 3.8) is 0 Å². The number of piperidine rings is 1. The van der Waals surface area contributed by atoms with Gasteiger partial charge in [0.2, 0.25) is 5.91 Å². The van der Waals surface area contributed by atoms with Gasteiger partial charge in [-0.15, -0.1) is 0 Å². The molecule has 1 aliphatic rings. The van der Waals surface area contributed by atoms with Crippen LogP contribution in [-0.2, 0) is 9.53 Å². The molecule has 0 radical (unpaired) electrons. The minimum Gasteiger partial charge on any atom is -0.384 e. The molecule has 1 saturated heterocycles. The van der Waals surface area contributed by atoms with Crippen LogP contribution in [0, 0.1) is 5.92 Å². The molecule has 1 heterocycles. The van der Waals surface area contributed by atoms with E-state index in [4.69, 9.17) is 4.74 Å². The fourth-order valence-electron chi connectivity index (χ4n) is 1.72. The summed E-state index contributed by atoms with van der Waals surface area (Å²) in [6.07, 6.45) is 2.31. The van der Waals surface area contributed by atoms with Gasteiger partial charge in [0.05, 0.1) is 6.61 Å². The van der Waals surface area contributed by atoms with Gasteiger partial charge in [0.15, 0.2) is 0 Å². The van der Waals surface area contributed by atoms with Crippen molar-refractivity contribution in [2.24, 2.45) is 5.92 Å². The fourth-order valence-corrected chi connectivity index (χ4v) is 1.72. The van der Waals surface area contributed by atoms with Gasteiger partial charge in [-0.25, -0.2) is 0 Å². The molecule has 0 aromatic heterocycles. The highest BCUT2D eigenvalue weighted by Crippen LogP contribution is 2.16. The lowest BCUT2D eigenvalue weighted by atomic mass is 9.99. The monoisotopic (exact) mass is 171 g/mol. The summed E-state index contributed by atoms with van der Waals surface area (Å²) >= 11 is 0. The Balaban J connectivity index is 2.35. The molecule has 1 atom stereocenters. The van der Waals surface area contributed by atoms with Crippen LogP contribution in [-0.4, -0.2) is 37.6 Å². The average Bonchev–Trinajstić information content (AvgIpc) is 2.05. The number of carbonyl (C=O) groups excluding carboxylic acids is 1. The number of methoxy groups -OCH3 is 1. The number of carbonyl (C=O) groups is 1. The summed E-state index contributed by atoms with van der Waals surface area (Å²) in [5.74, 6) is 0.739. The van der Waals surface area contributed by atoms with Gasteiger partial charge in [0.25, 0.3) is 0 Å². The van der Waals surface area contributed by atoms with E-state index in [1.165, 1.54) is 6.42 Å². The van der Waals surface area contributed by atoms with Crippen LogP contribution in [0.5, 0.6) is 0 Å². The SMILES string of the molecule is COCC1CCCN(C(C)=O)C1. The molecular weight excluding hydrogens is 154 g/mol. The van der Waals surface area contributed by atoms with E-state index < -0.39 is 0 Å². The predicted molar refractivity (Wildman–Crippen MR) is 46.9 cm³/mol. The van der Waals surface area contributed by atoms with E-state index in [0.29, 0.717) is 5.92 Å². The Bertz CT molecular complexity index is 157. The van der Waals surface area contributed by atoms with Crippen LogP contribution in [0.3, 0.4) is 0 Å². The number of amides is 1. The minimum atomic E-state index is 0.191. The first-order valence-corrected chi connectivity index (χ1v) is 4.48. The first kappa shape index (κ1) is 9.52. The summed E-state index contributed by atoms with van der Waals surface area (Å²) in [5, 5.41) is 0. The summed E-state index contributed by atoms with van der Waals surface area (Å²) in [5.41, 5.74) is 0. The van der Waals surface area contributed by atoms with Crippen molar-refractivity contribution < 1.29 is 9.53 Å². The average molecular weight is 171 g/mol. The zero-order valence-electron chi connectivity index (χ0n) is 7.88. The molecule has 0 aromatic carbocycles. The van der Waals surface area contributed by atoms with Crippen molar-refractivity contribution in [1.29, 1.82) is 0 Å². The summed E-state index contributed by atoms with van der Waals surface area (Å²) < 4.78 is 5.07. The van der Waals surface area contributed by atoms with E-state index in [0.717, 1.165) is 26.1 Å². The first-order chi connectivity index (χ1) is 5.74. The lowest BCUT2D eigenvalue weighted by Gasteiger charge is -2.31. The molecule has 0 bridgehead atoms. The van der Waals surface area contributed by atoms with E-state index in [2.05, 4.69) is 0 Å². The number of ether oxygens (including phenoxy) is 1. The summed E-state index contributed by atoms with van der Waals surface area (Å²) in [7, 11) is 1.71. The molecule has 0 spiro atoms. The van der Waals surface area contributed by atoms with Crippen molar-refractivity contribution in [3.05, 3.63) is 0 Å². The molecule has 70 valence electrons. The minimum absolute atomic E-state index is 0.191. The molecule has 0 saturated carbocycles. The molecule has 12 heavy (non-hydrogen) atoms. The normalized spacial score (nSPS) is 24.2. The van der Waals surface area contributed by atoms with Crippen LogP contribution < -0.4 is 0 Å². The maximum Gasteiger partial charge on any atom is 0.219 e. The topological polar surface area (TPSA) is 29.5 Å². The van der Waals surface area contributed by atoms with Crippen LogP contribution in [0.25, 0.3) is 0 Å². The van der Waals surface area contributed by atoms with Crippen molar-refractivity contribution in [1.82, 2.24) is 4.90 Å². The van der Waals surface area contributed by atoms with Crippen LogP contribution in [0.15, 0.2) is 0 Å². The Kier molecular flexibility index (Phi) is 3.53. The Hall–Kier alpha value is -0.570. The lowest BCUT2D eigenvalue weighted by molar-refractivity contribution is -0.131. The third kappa shape index (κ3) is 2.48. The molecule has 0 aromatic rings. The second-order valence-electron chi connectivity index (χ2n) is 3.43. The molecule has 3 heteroatoms. The molecule has 0 aliphatic carbocycles. The molecule has 1 aliphatic heterocycles. The van der Waals surface area contributed by atoms with Crippen LogP contribution >= 0.6 is 0 Å². The lowest BCUT2D eigenvalue weighted by Crippen LogP contribution is -2.39. The number of hydrogen-bond acceptors (Lipinski definition) is 2. The molecule has 0 N–H and O–H groups in total. The largest absolute Gasteiger partial charge is 0.384 e. The summed E-state index contributed by atoms with van der Waals surface area (Å²) in [6, 6.07) is 0. The van der Waals surface area contributed by atoms with Crippen molar-refractivity contribution >= 4 is 5.91 Å². The van der Waals surface area contributed by atoms with Gasteiger partial charge in [0, 0.05) is 27.1 Å². The zero-order valence-corrected chi connectivity index (χ0v) is 7.88. The summed E-state index contributed by atoms with van der Waals surface area (Å²) in [6.45, 7) is 4.22. The van der Waals surface area contributed by atoms with E-state index in [1.54, 1.807) is 14.0 Å². The summed E-state index contributed by atoms with van der Waals surface area (Å²) in [4.78, 5) is 12.9. The Labute approximate surface area is 73.7 Å². The molecule has 1 amide bonds. The van der Waals surface area contributed by atoms with Gasteiger partial charge in [-0.2, -0.15) is 0 Å². The van der Waals surface area contributed by atoms with Crippen LogP contribution in [0.1, 0.15) is 19.8 Å². The van der Waals surface area contributed by atoms with E-state index >= 15 is 0 Å². The Morgan fingerprint density at radius 3 is 3.00 bits per heavy atom. The van der Waals surface area contributed by atoms with Crippen molar-refractivity contribution in [2.75, 3.05) is 26.8 Å². The van der Waals surface area contributed by atoms with E-state index in [1.807, 2.05) is 4.90 Å². The van der Waals surface area contributed by atoms with Crippen molar-refractivity contribution in [2.45, 2.75) is 19.8 Å². The second kappa shape index (κ2) is 4.45. The van der Waals surface area contributed by atoms with Gasteiger partial charge >= 0.3 is 0 Å². The third-order valence-corrected chi connectivity index (χ3v) is 2.37. The molecule has 1 fully saturated rings. The highest BCUT2D eigenvalue weighted by molar-refractivity contribution is 5.73. The fraction of sp³-hybridized carbons (Fsp3) is 0.889.